The summed E-state index contributed by atoms with van der Waals surface area (Å²) < 4.78 is 2.42. The van der Waals surface area contributed by atoms with E-state index >= 15 is 0 Å². The lowest BCUT2D eigenvalue weighted by Crippen LogP contribution is -2.10. The highest BCUT2D eigenvalue weighted by atomic mass is 15.1. The molecule has 0 unspecified atom stereocenters. The fraction of sp³-hybridized carbons (Fsp3) is 0. The first-order valence-corrected chi connectivity index (χ1v) is 20.7. The number of rotatable bonds is 6. The van der Waals surface area contributed by atoms with E-state index in [-0.39, 0.29) is 0 Å². The maximum absolute atomic E-state index is 2.44. The molecule has 280 valence electrons. The molecule has 0 aliphatic carbocycles. The van der Waals surface area contributed by atoms with Gasteiger partial charge in [-0.25, -0.2) is 0 Å². The third-order valence-corrected chi connectivity index (χ3v) is 12.3. The van der Waals surface area contributed by atoms with Crippen molar-refractivity contribution in [1.82, 2.24) is 4.57 Å². The summed E-state index contributed by atoms with van der Waals surface area (Å²) in [6.07, 6.45) is 0. The van der Waals surface area contributed by atoms with Gasteiger partial charge < -0.3 is 9.47 Å². The van der Waals surface area contributed by atoms with E-state index in [0.717, 1.165) is 22.7 Å². The monoisotopic (exact) mass is 762 g/mol. The molecule has 2 heteroatoms. The second kappa shape index (κ2) is 13.9. The summed E-state index contributed by atoms with van der Waals surface area (Å²) in [7, 11) is 0. The molecule has 0 saturated heterocycles. The Kier molecular flexibility index (Phi) is 7.89. The zero-order valence-corrected chi connectivity index (χ0v) is 32.8. The molecule has 0 amide bonds. The van der Waals surface area contributed by atoms with Gasteiger partial charge in [-0.15, -0.1) is 0 Å². The fourth-order valence-electron chi connectivity index (χ4n) is 9.50. The lowest BCUT2D eigenvalue weighted by molar-refractivity contribution is 1.17. The maximum atomic E-state index is 2.44. The highest BCUT2D eigenvalue weighted by molar-refractivity contribution is 6.26. The minimum Gasteiger partial charge on any atom is -0.310 e. The van der Waals surface area contributed by atoms with Gasteiger partial charge in [-0.1, -0.05) is 158 Å². The molecule has 0 fully saturated rings. The van der Waals surface area contributed by atoms with Crippen molar-refractivity contribution in [3.8, 4) is 27.9 Å². The van der Waals surface area contributed by atoms with Crippen molar-refractivity contribution in [1.29, 1.82) is 0 Å². The first-order chi connectivity index (χ1) is 29.7. The van der Waals surface area contributed by atoms with Crippen LogP contribution < -0.4 is 4.90 Å². The molecule has 0 spiro atoms. The largest absolute Gasteiger partial charge is 0.310 e. The van der Waals surface area contributed by atoms with Crippen molar-refractivity contribution in [3.05, 3.63) is 231 Å². The Morgan fingerprint density at radius 1 is 0.250 bits per heavy atom. The van der Waals surface area contributed by atoms with Crippen molar-refractivity contribution in [3.63, 3.8) is 0 Å². The number of para-hydroxylation sites is 1. The number of anilines is 3. The molecule has 0 atom stereocenters. The first kappa shape index (κ1) is 34.1. The Morgan fingerprint density at radius 3 is 1.35 bits per heavy atom. The highest BCUT2D eigenvalue weighted by Crippen LogP contribution is 2.44. The van der Waals surface area contributed by atoms with Gasteiger partial charge in [0.2, 0.25) is 0 Å². The molecule has 0 saturated carbocycles. The average Bonchev–Trinajstić information content (AvgIpc) is 3.64. The normalized spacial score (nSPS) is 11.7. The van der Waals surface area contributed by atoms with Crippen LogP contribution in [0.4, 0.5) is 17.1 Å². The Labute approximate surface area is 348 Å². The summed E-state index contributed by atoms with van der Waals surface area (Å²) in [5.41, 5.74) is 11.5. The van der Waals surface area contributed by atoms with E-state index in [1.54, 1.807) is 0 Å². The predicted molar refractivity (Wildman–Crippen MR) is 256 cm³/mol. The van der Waals surface area contributed by atoms with Gasteiger partial charge in [0.1, 0.15) is 0 Å². The summed E-state index contributed by atoms with van der Waals surface area (Å²) in [5, 5.41) is 12.6. The zero-order chi connectivity index (χ0) is 39.6. The van der Waals surface area contributed by atoms with Crippen LogP contribution >= 0.6 is 0 Å². The van der Waals surface area contributed by atoms with Crippen LogP contribution in [0.25, 0.3) is 92.8 Å². The van der Waals surface area contributed by atoms with Crippen LogP contribution in [0, 0.1) is 0 Å². The molecule has 11 aromatic carbocycles. The molecule has 1 heterocycles. The van der Waals surface area contributed by atoms with Gasteiger partial charge in [-0.2, -0.15) is 0 Å². The van der Waals surface area contributed by atoms with Gasteiger partial charge in [0.15, 0.2) is 0 Å². The molecule has 0 aliphatic rings. The number of benzene rings is 11. The molecule has 1 aromatic heterocycles. The summed E-state index contributed by atoms with van der Waals surface area (Å²) >= 11 is 0. The minimum atomic E-state index is 1.08. The van der Waals surface area contributed by atoms with Crippen LogP contribution in [0.15, 0.2) is 231 Å². The average molecular weight is 763 g/mol. The van der Waals surface area contributed by atoms with Gasteiger partial charge in [0, 0.05) is 33.5 Å². The number of aromatic nitrogens is 1. The van der Waals surface area contributed by atoms with Crippen LogP contribution in [-0.2, 0) is 0 Å². The summed E-state index contributed by atoms with van der Waals surface area (Å²) in [6.45, 7) is 0. The quantitative estimate of drug-likeness (QED) is 0.153. The Bertz CT molecular complexity index is 3490. The van der Waals surface area contributed by atoms with Crippen molar-refractivity contribution in [2.24, 2.45) is 0 Å². The number of fused-ring (bicyclic) bond motifs is 10. The van der Waals surface area contributed by atoms with Crippen molar-refractivity contribution >= 4 is 82.0 Å². The SMILES string of the molecule is c1ccc(-c2cc(-c3ccccc3)cc(N(c3ccc(-n4c5ccccc5c5cc6ccccc6cc54)cc3)c3ccc4c5ccccc5c5ccccc5c4c3)c2)cc1. The fourth-order valence-corrected chi connectivity index (χ4v) is 9.50. The number of hydrogen-bond donors (Lipinski definition) is 0. The summed E-state index contributed by atoms with van der Waals surface area (Å²) in [4.78, 5) is 2.44. The molecule has 0 radical (unpaired) electrons. The minimum absolute atomic E-state index is 1.08. The van der Waals surface area contributed by atoms with Crippen LogP contribution in [0.3, 0.4) is 0 Å². The lowest BCUT2D eigenvalue weighted by Gasteiger charge is -2.28. The van der Waals surface area contributed by atoms with E-state index < -0.39 is 0 Å². The molecule has 12 aromatic rings. The van der Waals surface area contributed by atoms with Crippen molar-refractivity contribution in [2.45, 2.75) is 0 Å². The Morgan fingerprint density at radius 2 is 0.733 bits per heavy atom. The molecule has 2 nitrogen and oxygen atoms in total. The summed E-state index contributed by atoms with van der Waals surface area (Å²) in [5.74, 6) is 0. The lowest BCUT2D eigenvalue weighted by atomic mass is 9.93. The first-order valence-electron chi connectivity index (χ1n) is 20.7. The number of hydrogen-bond acceptors (Lipinski definition) is 1. The van der Waals surface area contributed by atoms with E-state index in [1.165, 1.54) is 87.1 Å². The van der Waals surface area contributed by atoms with Gasteiger partial charge in [-0.05, 0) is 138 Å². The van der Waals surface area contributed by atoms with E-state index in [1.807, 2.05) is 0 Å². The second-order valence-electron chi connectivity index (χ2n) is 15.7. The highest BCUT2D eigenvalue weighted by Gasteiger charge is 2.19. The van der Waals surface area contributed by atoms with Gasteiger partial charge in [-0.3, -0.25) is 0 Å². The molecular formula is C58H38N2. The molecule has 60 heavy (non-hydrogen) atoms. The summed E-state index contributed by atoms with van der Waals surface area (Å²) in [6, 6.07) is 84.4. The molecule has 0 aliphatic heterocycles. The number of nitrogens with zero attached hydrogens (tertiary/aromatic N) is 2. The maximum Gasteiger partial charge on any atom is 0.0547 e. The van der Waals surface area contributed by atoms with Crippen LogP contribution in [0.5, 0.6) is 0 Å². The van der Waals surface area contributed by atoms with E-state index in [4.69, 9.17) is 0 Å². The standard InChI is InChI=1S/C58H38N2/c1-3-15-39(16-4-1)43-33-44(40-17-5-2-6-18-40)35-48(34-43)59(47-31-32-53-51-23-10-9-21-49(51)50-22-11-12-24-52(50)55(53)38-47)45-27-29-46(30-28-45)60-57-26-14-13-25-54(57)56-36-41-19-7-8-20-42(41)37-58(56)60/h1-38H. The van der Waals surface area contributed by atoms with Gasteiger partial charge in [0.25, 0.3) is 0 Å². The van der Waals surface area contributed by atoms with Crippen molar-refractivity contribution in [2.75, 3.05) is 4.90 Å². The van der Waals surface area contributed by atoms with Crippen molar-refractivity contribution < 1.29 is 0 Å². The third kappa shape index (κ3) is 5.57. The molecule has 0 bridgehead atoms. The Hall–Kier alpha value is -7.94. The third-order valence-electron chi connectivity index (χ3n) is 12.3. The van der Waals surface area contributed by atoms with Gasteiger partial charge in [0.05, 0.1) is 11.0 Å². The topological polar surface area (TPSA) is 8.17 Å². The molecular weight excluding hydrogens is 725 g/mol. The van der Waals surface area contributed by atoms with Crippen LogP contribution in [-0.4, -0.2) is 4.57 Å². The smallest absolute Gasteiger partial charge is 0.0547 e. The molecule has 0 N–H and O–H groups in total. The zero-order valence-electron chi connectivity index (χ0n) is 32.8. The van der Waals surface area contributed by atoms with E-state index in [0.29, 0.717) is 0 Å². The van der Waals surface area contributed by atoms with E-state index in [2.05, 4.69) is 240 Å². The van der Waals surface area contributed by atoms with Crippen LogP contribution in [0.1, 0.15) is 0 Å². The van der Waals surface area contributed by atoms with E-state index in [9.17, 15) is 0 Å². The Balaban J connectivity index is 1.10. The van der Waals surface area contributed by atoms with Gasteiger partial charge >= 0.3 is 0 Å². The predicted octanol–water partition coefficient (Wildman–Crippen LogP) is 16.2. The molecule has 12 rings (SSSR count). The second-order valence-corrected chi connectivity index (χ2v) is 15.7. The van der Waals surface area contributed by atoms with Crippen LogP contribution in [0.2, 0.25) is 0 Å².